The van der Waals surface area contributed by atoms with E-state index in [-0.39, 0.29) is 17.4 Å². The molecule has 2 fully saturated rings. The first-order valence-electron chi connectivity index (χ1n) is 12.4. The molecule has 0 bridgehead atoms. The van der Waals surface area contributed by atoms with Crippen molar-refractivity contribution in [1.82, 2.24) is 15.5 Å². The fraction of sp³-hybridized carbons (Fsp3) is 0.615. The second-order valence-corrected chi connectivity index (χ2v) is 10.3. The third kappa shape index (κ3) is 3.91. The van der Waals surface area contributed by atoms with E-state index in [4.69, 9.17) is 10.5 Å². The van der Waals surface area contributed by atoms with E-state index in [0.29, 0.717) is 43.3 Å². The van der Waals surface area contributed by atoms with Gasteiger partial charge in [0.1, 0.15) is 11.9 Å². The number of aliphatic hydroxyl groups excluding tert-OH is 1. The number of aliphatic hydroxyl groups is 1. The molecule has 3 aliphatic heterocycles. The lowest BCUT2D eigenvalue weighted by atomic mass is 9.74. The Morgan fingerprint density at radius 2 is 2.18 bits per heavy atom. The van der Waals surface area contributed by atoms with Crippen molar-refractivity contribution >= 4 is 11.7 Å². The van der Waals surface area contributed by atoms with Gasteiger partial charge in [0, 0.05) is 25.1 Å². The highest BCUT2D eigenvalue weighted by atomic mass is 16.5. The molecule has 0 aliphatic carbocycles. The van der Waals surface area contributed by atoms with Crippen molar-refractivity contribution in [2.75, 3.05) is 19.7 Å². The highest BCUT2D eigenvalue weighted by Crippen LogP contribution is 2.44. The van der Waals surface area contributed by atoms with Gasteiger partial charge in [-0.1, -0.05) is 45.9 Å². The van der Waals surface area contributed by atoms with E-state index < -0.39 is 17.7 Å². The number of carbonyl (C=O) groups excluding carboxylic acids is 1. The number of amides is 1. The van der Waals surface area contributed by atoms with Crippen LogP contribution in [0.5, 0.6) is 5.75 Å². The van der Waals surface area contributed by atoms with Gasteiger partial charge in [-0.3, -0.25) is 9.79 Å². The van der Waals surface area contributed by atoms with Crippen LogP contribution in [0.15, 0.2) is 35.6 Å². The highest BCUT2D eigenvalue weighted by molar-refractivity contribution is 5.98. The summed E-state index contributed by atoms with van der Waals surface area (Å²) in [6.07, 6.45) is 2.84. The summed E-state index contributed by atoms with van der Waals surface area (Å²) >= 11 is 0. The first-order valence-corrected chi connectivity index (χ1v) is 12.4. The number of benzene rings is 1. The number of nitrogens with one attached hydrogen (secondary N) is 2. The van der Waals surface area contributed by atoms with Gasteiger partial charge in [-0.05, 0) is 31.2 Å². The monoisotopic (exact) mass is 469 g/mol. The summed E-state index contributed by atoms with van der Waals surface area (Å²) in [5, 5.41) is 17.8. The molecular formula is C26H39N5O3. The smallest absolute Gasteiger partial charge is 0.255 e. The Morgan fingerprint density at radius 1 is 1.41 bits per heavy atom. The van der Waals surface area contributed by atoms with Gasteiger partial charge in [0.25, 0.3) is 5.91 Å². The molecule has 8 heteroatoms. The lowest BCUT2D eigenvalue weighted by Crippen LogP contribution is -2.64. The quantitative estimate of drug-likeness (QED) is 0.376. The van der Waals surface area contributed by atoms with E-state index >= 15 is 0 Å². The van der Waals surface area contributed by atoms with Crippen LogP contribution in [0.3, 0.4) is 0 Å². The summed E-state index contributed by atoms with van der Waals surface area (Å²) in [6.45, 7) is 14.0. The summed E-state index contributed by atoms with van der Waals surface area (Å²) in [7, 11) is 0. The molecule has 5 N–H and O–H groups in total. The number of para-hydroxylation sites is 1. The van der Waals surface area contributed by atoms with Crippen LogP contribution in [0.2, 0.25) is 0 Å². The van der Waals surface area contributed by atoms with E-state index in [9.17, 15) is 9.90 Å². The van der Waals surface area contributed by atoms with Crippen LogP contribution in [0, 0.1) is 0 Å². The average molecular weight is 470 g/mol. The Hall–Kier alpha value is -2.74. The molecule has 1 aromatic rings. The van der Waals surface area contributed by atoms with Crippen molar-refractivity contribution in [2.45, 2.75) is 82.5 Å². The predicted octanol–water partition coefficient (Wildman–Crippen LogP) is 2.27. The van der Waals surface area contributed by atoms with Crippen molar-refractivity contribution in [3.63, 3.8) is 0 Å². The second kappa shape index (κ2) is 9.13. The SMILES string of the molecule is C=C1NCC(N=C(N)CC)C2(C)C(O)C(NC(=O)c3cccc4c3OCCC4(C)CCC)CN12. The van der Waals surface area contributed by atoms with E-state index in [1.54, 1.807) is 6.07 Å². The molecule has 4 rings (SSSR count). The minimum atomic E-state index is -0.848. The van der Waals surface area contributed by atoms with E-state index in [1.807, 2.05) is 24.8 Å². The summed E-state index contributed by atoms with van der Waals surface area (Å²) in [5.41, 5.74) is 6.91. The molecule has 0 aromatic heterocycles. The molecular weight excluding hydrogens is 430 g/mol. The number of ether oxygens (including phenoxy) is 1. The van der Waals surface area contributed by atoms with Gasteiger partial charge in [0.05, 0.1) is 41.4 Å². The number of rotatable bonds is 6. The van der Waals surface area contributed by atoms with Gasteiger partial charge < -0.3 is 31.1 Å². The number of nitrogens with zero attached hydrogens (tertiary/aromatic N) is 2. The summed E-state index contributed by atoms with van der Waals surface area (Å²) in [4.78, 5) is 20.2. The summed E-state index contributed by atoms with van der Waals surface area (Å²) < 4.78 is 6.02. The number of fused-ring (bicyclic) bond motifs is 2. The second-order valence-electron chi connectivity index (χ2n) is 10.3. The summed E-state index contributed by atoms with van der Waals surface area (Å²) in [5.74, 6) is 1.69. The Labute approximate surface area is 202 Å². The Bertz CT molecular complexity index is 995. The molecule has 5 atom stereocenters. The molecule has 3 aliphatic rings. The van der Waals surface area contributed by atoms with Crippen LogP contribution in [-0.4, -0.2) is 65.2 Å². The highest BCUT2D eigenvalue weighted by Gasteiger charge is 2.57. The van der Waals surface area contributed by atoms with Crippen molar-refractivity contribution in [3.05, 3.63) is 41.7 Å². The zero-order valence-corrected chi connectivity index (χ0v) is 20.9. The van der Waals surface area contributed by atoms with Crippen LogP contribution < -0.4 is 21.1 Å². The minimum absolute atomic E-state index is 0.00648. The average Bonchev–Trinajstić information content (AvgIpc) is 3.07. The molecule has 8 nitrogen and oxygen atoms in total. The van der Waals surface area contributed by atoms with Crippen molar-refractivity contribution in [3.8, 4) is 5.75 Å². The number of hydrogen-bond acceptors (Lipinski definition) is 6. The van der Waals surface area contributed by atoms with Crippen molar-refractivity contribution < 1.29 is 14.6 Å². The molecule has 0 saturated carbocycles. The van der Waals surface area contributed by atoms with Gasteiger partial charge in [-0.2, -0.15) is 0 Å². The molecule has 34 heavy (non-hydrogen) atoms. The zero-order chi connectivity index (χ0) is 24.7. The molecule has 1 aromatic carbocycles. The van der Waals surface area contributed by atoms with Gasteiger partial charge in [0.15, 0.2) is 0 Å². The molecule has 1 amide bonds. The van der Waals surface area contributed by atoms with E-state index in [1.165, 1.54) is 0 Å². The number of hydrogen-bond donors (Lipinski definition) is 4. The molecule has 186 valence electrons. The Morgan fingerprint density at radius 3 is 2.88 bits per heavy atom. The lowest BCUT2D eigenvalue weighted by molar-refractivity contribution is 0.0147. The van der Waals surface area contributed by atoms with Crippen LogP contribution in [0.4, 0.5) is 0 Å². The van der Waals surface area contributed by atoms with Crippen LogP contribution in [0.1, 0.15) is 69.3 Å². The van der Waals surface area contributed by atoms with Crippen molar-refractivity contribution in [2.24, 2.45) is 10.7 Å². The third-order valence-corrected chi connectivity index (χ3v) is 8.05. The molecule has 0 spiro atoms. The maximum atomic E-state index is 13.5. The van der Waals surface area contributed by atoms with Gasteiger partial charge in [-0.25, -0.2) is 0 Å². The normalized spacial score (nSPS) is 33.0. The fourth-order valence-electron chi connectivity index (χ4n) is 5.86. The topological polar surface area (TPSA) is 112 Å². The van der Waals surface area contributed by atoms with Crippen molar-refractivity contribution in [1.29, 1.82) is 0 Å². The first-order chi connectivity index (χ1) is 16.2. The Balaban J connectivity index is 1.60. The maximum absolute atomic E-state index is 13.5. The maximum Gasteiger partial charge on any atom is 0.255 e. The zero-order valence-electron chi connectivity index (χ0n) is 20.9. The fourth-order valence-corrected chi connectivity index (χ4v) is 5.86. The number of aliphatic imine (C=N–C) groups is 1. The van der Waals surface area contributed by atoms with Crippen LogP contribution >= 0.6 is 0 Å². The van der Waals surface area contributed by atoms with Crippen LogP contribution in [-0.2, 0) is 5.41 Å². The number of amidine groups is 1. The summed E-state index contributed by atoms with van der Waals surface area (Å²) in [6, 6.07) is 5.05. The molecule has 2 saturated heterocycles. The molecule has 0 radical (unpaired) electrons. The molecule has 5 unspecified atom stereocenters. The largest absolute Gasteiger partial charge is 0.492 e. The van der Waals surface area contributed by atoms with E-state index in [0.717, 1.165) is 30.6 Å². The van der Waals surface area contributed by atoms with Crippen LogP contribution in [0.25, 0.3) is 0 Å². The van der Waals surface area contributed by atoms with Gasteiger partial charge in [-0.15, -0.1) is 0 Å². The molecule has 3 heterocycles. The van der Waals surface area contributed by atoms with Gasteiger partial charge >= 0.3 is 0 Å². The standard InChI is InChI=1S/C26H39N5O3/c1-6-11-25(4)12-13-34-22-17(9-8-10-18(22)25)24(33)29-19-15-31-16(3)28-14-20(30-21(27)7-2)26(31,5)23(19)32/h8-10,19-20,23,28,32H,3,6-7,11-15H2,1-2,4-5H3,(H2,27,30)(H,29,33). The first kappa shape index (κ1) is 24.4. The third-order valence-electron chi connectivity index (χ3n) is 8.05. The Kier molecular flexibility index (Phi) is 6.55. The predicted molar refractivity (Wildman–Crippen MR) is 134 cm³/mol. The van der Waals surface area contributed by atoms with E-state index in [2.05, 4.69) is 42.1 Å². The minimum Gasteiger partial charge on any atom is -0.492 e. The number of nitrogens with two attached hydrogens (primary N) is 1. The van der Waals surface area contributed by atoms with Gasteiger partial charge in [0.2, 0.25) is 0 Å². The number of carbonyl (C=O) groups is 1. The lowest BCUT2D eigenvalue weighted by Gasteiger charge is -2.48.